The molecule has 0 aromatic carbocycles. The third kappa shape index (κ3) is 2.51. The van der Waals surface area contributed by atoms with Gasteiger partial charge in [-0.05, 0) is 13.8 Å². The van der Waals surface area contributed by atoms with Crippen LogP contribution in [0.1, 0.15) is 13.8 Å². The van der Waals surface area contributed by atoms with Crippen LogP contribution >= 0.6 is 0 Å². The maximum Gasteiger partial charge on any atom is 0.163 e. The van der Waals surface area contributed by atoms with Crippen molar-refractivity contribution in [1.82, 2.24) is 0 Å². The quantitative estimate of drug-likeness (QED) is 0.614. The number of hydrogen-bond donors (Lipinski definition) is 2. The molecule has 0 spiro atoms. The molecule has 76 valence electrons. The standard InChI is InChI=1S/C9H16O4/c1-4-6(10)8(11)7-5-12-9(2,3)13-7/h4,6-8,10-11H,1,5H2,2-3H3/t6-,7-,8-/m1/s1. The fraction of sp³-hybridized carbons (Fsp3) is 0.778. The van der Waals surface area contributed by atoms with Crippen LogP contribution in [-0.4, -0.2) is 40.9 Å². The first-order valence-corrected chi connectivity index (χ1v) is 4.27. The van der Waals surface area contributed by atoms with E-state index in [9.17, 15) is 10.2 Å². The molecule has 0 radical (unpaired) electrons. The molecule has 0 aromatic rings. The van der Waals surface area contributed by atoms with E-state index >= 15 is 0 Å². The lowest BCUT2D eigenvalue weighted by atomic mass is 10.1. The second kappa shape index (κ2) is 3.75. The zero-order valence-corrected chi connectivity index (χ0v) is 7.93. The molecule has 2 N–H and O–H groups in total. The summed E-state index contributed by atoms with van der Waals surface area (Å²) in [4.78, 5) is 0. The summed E-state index contributed by atoms with van der Waals surface area (Å²) >= 11 is 0. The average Bonchev–Trinajstić information content (AvgIpc) is 2.43. The van der Waals surface area contributed by atoms with Crippen LogP contribution < -0.4 is 0 Å². The van der Waals surface area contributed by atoms with E-state index in [1.54, 1.807) is 13.8 Å². The number of aliphatic hydroxyl groups is 2. The van der Waals surface area contributed by atoms with Crippen molar-refractivity contribution < 1.29 is 19.7 Å². The van der Waals surface area contributed by atoms with Gasteiger partial charge in [0, 0.05) is 0 Å². The van der Waals surface area contributed by atoms with Gasteiger partial charge in [0.15, 0.2) is 5.79 Å². The Morgan fingerprint density at radius 3 is 2.54 bits per heavy atom. The molecule has 1 fully saturated rings. The second-order valence-electron chi connectivity index (χ2n) is 3.58. The molecule has 1 aliphatic rings. The molecule has 13 heavy (non-hydrogen) atoms. The van der Waals surface area contributed by atoms with Gasteiger partial charge in [0.2, 0.25) is 0 Å². The molecule has 0 saturated carbocycles. The van der Waals surface area contributed by atoms with Gasteiger partial charge in [0.05, 0.1) is 6.61 Å². The van der Waals surface area contributed by atoms with Gasteiger partial charge in [-0.25, -0.2) is 0 Å². The number of ether oxygens (including phenoxy) is 2. The molecule has 4 heteroatoms. The smallest absolute Gasteiger partial charge is 0.163 e. The minimum atomic E-state index is -0.973. The predicted molar refractivity (Wildman–Crippen MR) is 47.1 cm³/mol. The Bertz CT molecular complexity index is 190. The number of hydrogen-bond acceptors (Lipinski definition) is 4. The van der Waals surface area contributed by atoms with Gasteiger partial charge >= 0.3 is 0 Å². The van der Waals surface area contributed by atoms with E-state index in [4.69, 9.17) is 9.47 Å². The molecule has 0 aromatic heterocycles. The van der Waals surface area contributed by atoms with Crippen molar-refractivity contribution in [2.24, 2.45) is 0 Å². The summed E-state index contributed by atoms with van der Waals surface area (Å²) in [6.45, 7) is 7.20. The molecule has 0 bridgehead atoms. The third-order valence-corrected chi connectivity index (χ3v) is 2.00. The van der Waals surface area contributed by atoms with Gasteiger partial charge in [-0.15, -0.1) is 6.58 Å². The highest BCUT2D eigenvalue weighted by Crippen LogP contribution is 2.25. The summed E-state index contributed by atoms with van der Waals surface area (Å²) in [5, 5.41) is 18.8. The first-order chi connectivity index (χ1) is 5.96. The van der Waals surface area contributed by atoms with E-state index < -0.39 is 24.1 Å². The van der Waals surface area contributed by atoms with Crippen molar-refractivity contribution in [3.63, 3.8) is 0 Å². The van der Waals surface area contributed by atoms with Crippen LogP contribution in [0.3, 0.4) is 0 Å². The van der Waals surface area contributed by atoms with Crippen molar-refractivity contribution in [2.75, 3.05) is 6.61 Å². The maximum atomic E-state index is 9.52. The molecule has 1 aliphatic heterocycles. The van der Waals surface area contributed by atoms with E-state index in [0.29, 0.717) is 6.61 Å². The van der Waals surface area contributed by atoms with Crippen LogP contribution in [0, 0.1) is 0 Å². The van der Waals surface area contributed by atoms with E-state index in [-0.39, 0.29) is 0 Å². The fourth-order valence-electron chi connectivity index (χ4n) is 1.24. The summed E-state index contributed by atoms with van der Waals surface area (Å²) in [6, 6.07) is 0. The van der Waals surface area contributed by atoms with E-state index in [2.05, 4.69) is 6.58 Å². The summed E-state index contributed by atoms with van der Waals surface area (Å²) in [7, 11) is 0. The number of aliphatic hydroxyl groups excluding tert-OH is 2. The third-order valence-electron chi connectivity index (χ3n) is 2.00. The molecular formula is C9H16O4. The summed E-state index contributed by atoms with van der Waals surface area (Å²) < 4.78 is 10.6. The molecular weight excluding hydrogens is 172 g/mol. The molecule has 3 atom stereocenters. The Morgan fingerprint density at radius 2 is 2.15 bits per heavy atom. The van der Waals surface area contributed by atoms with Crippen LogP contribution in [0.4, 0.5) is 0 Å². The molecule has 0 amide bonds. The van der Waals surface area contributed by atoms with Crippen LogP contribution in [0.5, 0.6) is 0 Å². The predicted octanol–water partition coefficient (Wildman–Crippen LogP) is 0.0457. The lowest BCUT2D eigenvalue weighted by Crippen LogP contribution is -2.38. The normalized spacial score (nSPS) is 31.2. The monoisotopic (exact) mass is 188 g/mol. The Balaban J connectivity index is 2.51. The van der Waals surface area contributed by atoms with Gasteiger partial charge in [-0.2, -0.15) is 0 Å². The van der Waals surface area contributed by atoms with E-state index in [1.807, 2.05) is 0 Å². The Labute approximate surface area is 77.8 Å². The molecule has 0 unspecified atom stereocenters. The largest absolute Gasteiger partial charge is 0.387 e. The van der Waals surface area contributed by atoms with Crippen molar-refractivity contribution in [3.8, 4) is 0 Å². The highest BCUT2D eigenvalue weighted by molar-refractivity contribution is 4.90. The SMILES string of the molecule is C=C[C@@H](O)[C@@H](O)[C@H]1COC(C)(C)O1. The van der Waals surface area contributed by atoms with Gasteiger partial charge < -0.3 is 19.7 Å². The fourth-order valence-corrected chi connectivity index (χ4v) is 1.24. The van der Waals surface area contributed by atoms with Crippen molar-refractivity contribution in [3.05, 3.63) is 12.7 Å². The van der Waals surface area contributed by atoms with Crippen molar-refractivity contribution in [1.29, 1.82) is 0 Å². The van der Waals surface area contributed by atoms with Gasteiger partial charge in [0.1, 0.15) is 18.3 Å². The Morgan fingerprint density at radius 1 is 1.54 bits per heavy atom. The minimum Gasteiger partial charge on any atom is -0.387 e. The van der Waals surface area contributed by atoms with E-state index in [0.717, 1.165) is 0 Å². The van der Waals surface area contributed by atoms with Crippen molar-refractivity contribution >= 4 is 0 Å². The second-order valence-corrected chi connectivity index (χ2v) is 3.58. The van der Waals surface area contributed by atoms with Crippen LogP contribution in [0.25, 0.3) is 0 Å². The van der Waals surface area contributed by atoms with E-state index in [1.165, 1.54) is 6.08 Å². The van der Waals surface area contributed by atoms with Gasteiger partial charge in [0.25, 0.3) is 0 Å². The minimum absolute atomic E-state index is 0.291. The van der Waals surface area contributed by atoms with Crippen LogP contribution in [-0.2, 0) is 9.47 Å². The summed E-state index contributed by atoms with van der Waals surface area (Å²) in [5.41, 5.74) is 0. The van der Waals surface area contributed by atoms with Crippen LogP contribution in [0.2, 0.25) is 0 Å². The Hall–Kier alpha value is -0.420. The highest BCUT2D eigenvalue weighted by atomic mass is 16.7. The number of rotatable bonds is 3. The average molecular weight is 188 g/mol. The molecule has 0 aliphatic carbocycles. The van der Waals surface area contributed by atoms with Crippen LogP contribution in [0.15, 0.2) is 12.7 Å². The topological polar surface area (TPSA) is 58.9 Å². The maximum absolute atomic E-state index is 9.52. The lowest BCUT2D eigenvalue weighted by Gasteiger charge is -2.22. The molecule has 1 saturated heterocycles. The first kappa shape index (κ1) is 10.7. The van der Waals surface area contributed by atoms with Crippen molar-refractivity contribution in [2.45, 2.75) is 37.9 Å². The molecule has 1 heterocycles. The first-order valence-electron chi connectivity index (χ1n) is 4.27. The Kier molecular flexibility index (Phi) is 3.08. The zero-order valence-electron chi connectivity index (χ0n) is 7.93. The summed E-state index contributed by atoms with van der Waals surface area (Å²) in [5.74, 6) is -0.674. The summed E-state index contributed by atoms with van der Waals surface area (Å²) in [6.07, 6.45) is -1.15. The van der Waals surface area contributed by atoms with Gasteiger partial charge in [-0.3, -0.25) is 0 Å². The lowest BCUT2D eigenvalue weighted by molar-refractivity contribution is -0.157. The molecule has 1 rings (SSSR count). The highest BCUT2D eigenvalue weighted by Gasteiger charge is 2.38. The molecule has 4 nitrogen and oxygen atoms in total. The zero-order chi connectivity index (χ0) is 10.1. The van der Waals surface area contributed by atoms with Gasteiger partial charge in [-0.1, -0.05) is 6.08 Å².